The molecular formula is C27H32N2O2S. The molecule has 0 atom stereocenters. The Labute approximate surface area is 195 Å². The van der Waals surface area contributed by atoms with Gasteiger partial charge in [0.05, 0.1) is 17.9 Å². The summed E-state index contributed by atoms with van der Waals surface area (Å²) in [6.45, 7) is 5.15. The Morgan fingerprint density at radius 1 is 1.06 bits per heavy atom. The largest absolute Gasteiger partial charge is 0.493 e. The van der Waals surface area contributed by atoms with Gasteiger partial charge in [-0.25, -0.2) is 4.98 Å². The predicted octanol–water partition coefficient (Wildman–Crippen LogP) is 7.31. The van der Waals surface area contributed by atoms with E-state index in [2.05, 4.69) is 36.6 Å². The highest BCUT2D eigenvalue weighted by molar-refractivity contribution is 7.14. The minimum atomic E-state index is -0.0653. The highest BCUT2D eigenvalue weighted by Crippen LogP contribution is 2.35. The van der Waals surface area contributed by atoms with Crippen molar-refractivity contribution in [2.75, 3.05) is 18.1 Å². The van der Waals surface area contributed by atoms with Crippen molar-refractivity contribution in [2.24, 2.45) is 0 Å². The summed E-state index contributed by atoms with van der Waals surface area (Å²) in [5, 5.41) is 2.78. The number of aromatic nitrogens is 1. The van der Waals surface area contributed by atoms with Gasteiger partial charge < -0.3 is 4.74 Å². The number of benzene rings is 2. The van der Waals surface area contributed by atoms with Crippen LogP contribution in [0.4, 0.5) is 5.13 Å². The zero-order valence-electron chi connectivity index (χ0n) is 19.0. The lowest BCUT2D eigenvalue weighted by molar-refractivity contribution is 0.0983. The van der Waals surface area contributed by atoms with Gasteiger partial charge in [-0.1, -0.05) is 62.6 Å². The molecule has 0 aliphatic heterocycles. The van der Waals surface area contributed by atoms with Gasteiger partial charge in [-0.2, -0.15) is 0 Å². The molecule has 0 radical (unpaired) electrons. The zero-order valence-corrected chi connectivity index (χ0v) is 19.9. The third-order valence-electron chi connectivity index (χ3n) is 6.12. The van der Waals surface area contributed by atoms with E-state index in [9.17, 15) is 4.79 Å². The Kier molecular flexibility index (Phi) is 7.59. The second-order valence-corrected chi connectivity index (χ2v) is 9.19. The molecule has 0 N–H and O–H groups in total. The normalized spacial score (nSPS) is 14.3. The van der Waals surface area contributed by atoms with Crippen molar-refractivity contribution in [1.82, 2.24) is 4.98 Å². The molecule has 0 bridgehead atoms. The van der Waals surface area contributed by atoms with E-state index in [0.717, 1.165) is 22.8 Å². The number of carbonyl (C=O) groups excluding carboxylic acids is 1. The Morgan fingerprint density at radius 3 is 2.53 bits per heavy atom. The molecule has 0 spiro atoms. The van der Waals surface area contributed by atoms with E-state index < -0.39 is 0 Å². The topological polar surface area (TPSA) is 42.4 Å². The highest BCUT2D eigenvalue weighted by Gasteiger charge is 2.23. The quantitative estimate of drug-likeness (QED) is 0.363. The van der Waals surface area contributed by atoms with E-state index in [-0.39, 0.29) is 5.91 Å². The third-order valence-corrected chi connectivity index (χ3v) is 6.98. The van der Waals surface area contributed by atoms with Crippen molar-refractivity contribution in [2.45, 2.75) is 58.3 Å². The number of hydrogen-bond acceptors (Lipinski definition) is 4. The Hall–Kier alpha value is -2.66. The van der Waals surface area contributed by atoms with E-state index in [1.54, 1.807) is 4.90 Å². The van der Waals surface area contributed by atoms with Crippen LogP contribution in [0.1, 0.15) is 74.2 Å². The fourth-order valence-corrected chi connectivity index (χ4v) is 5.32. The van der Waals surface area contributed by atoms with Gasteiger partial charge >= 0.3 is 0 Å². The summed E-state index contributed by atoms with van der Waals surface area (Å²) in [5.74, 6) is 1.26. The van der Waals surface area contributed by atoms with E-state index >= 15 is 0 Å². The second kappa shape index (κ2) is 10.8. The van der Waals surface area contributed by atoms with E-state index in [1.165, 1.54) is 49.0 Å². The third kappa shape index (κ3) is 5.04. The molecule has 1 heterocycles. The molecule has 2 aromatic carbocycles. The van der Waals surface area contributed by atoms with E-state index in [0.29, 0.717) is 30.4 Å². The summed E-state index contributed by atoms with van der Waals surface area (Å²) in [4.78, 5) is 20.0. The number of thiazole rings is 1. The average Bonchev–Trinajstić information content (AvgIpc) is 3.33. The van der Waals surface area contributed by atoms with Crippen molar-refractivity contribution in [3.05, 3.63) is 65.0 Å². The number of para-hydroxylation sites is 1. The Balaban J connectivity index is 1.55. The molecule has 1 fully saturated rings. The molecule has 4 rings (SSSR count). The number of rotatable bonds is 8. The summed E-state index contributed by atoms with van der Waals surface area (Å²) < 4.78 is 5.69. The monoisotopic (exact) mass is 448 g/mol. The van der Waals surface area contributed by atoms with Gasteiger partial charge in [0.2, 0.25) is 0 Å². The molecule has 0 unspecified atom stereocenters. The first-order chi connectivity index (χ1) is 15.7. The molecule has 168 valence electrons. The lowest BCUT2D eigenvalue weighted by Gasteiger charge is -2.22. The van der Waals surface area contributed by atoms with Crippen molar-refractivity contribution in [3.8, 4) is 17.0 Å². The van der Waals surface area contributed by atoms with Gasteiger partial charge in [-0.15, -0.1) is 11.3 Å². The molecule has 1 aromatic heterocycles. The van der Waals surface area contributed by atoms with Crippen molar-refractivity contribution >= 4 is 22.4 Å². The van der Waals surface area contributed by atoms with Gasteiger partial charge in [0.1, 0.15) is 5.75 Å². The van der Waals surface area contributed by atoms with Crippen LogP contribution >= 0.6 is 11.3 Å². The molecule has 1 amide bonds. The van der Waals surface area contributed by atoms with Crippen LogP contribution in [-0.4, -0.2) is 24.0 Å². The summed E-state index contributed by atoms with van der Waals surface area (Å²) >= 11 is 1.52. The number of carbonyl (C=O) groups is 1. The lowest BCUT2D eigenvalue weighted by Crippen LogP contribution is -2.32. The summed E-state index contributed by atoms with van der Waals surface area (Å²) in [7, 11) is 0. The number of ether oxygens (including phenoxy) is 1. The van der Waals surface area contributed by atoms with Gasteiger partial charge in [-0.3, -0.25) is 9.69 Å². The number of hydrogen-bond donors (Lipinski definition) is 0. The maximum Gasteiger partial charge on any atom is 0.263 e. The van der Waals surface area contributed by atoms with Crippen LogP contribution in [0.2, 0.25) is 0 Å². The molecule has 0 saturated heterocycles. The molecule has 3 aromatic rings. The van der Waals surface area contributed by atoms with Gasteiger partial charge in [0.25, 0.3) is 5.91 Å². The van der Waals surface area contributed by atoms with Crippen LogP contribution in [0.5, 0.6) is 5.75 Å². The predicted molar refractivity (Wildman–Crippen MR) is 133 cm³/mol. The molecule has 4 nitrogen and oxygen atoms in total. The first-order valence-electron chi connectivity index (χ1n) is 11.8. The minimum Gasteiger partial charge on any atom is -0.493 e. The molecule has 32 heavy (non-hydrogen) atoms. The van der Waals surface area contributed by atoms with Crippen LogP contribution in [0.25, 0.3) is 11.3 Å². The summed E-state index contributed by atoms with van der Waals surface area (Å²) in [5.41, 5.74) is 4.05. The van der Waals surface area contributed by atoms with Gasteiger partial charge in [0, 0.05) is 17.5 Å². The second-order valence-electron chi connectivity index (χ2n) is 8.36. The SMILES string of the molecule is CCCN(C(=O)c1ccccc1OCC)c1nc(-c2ccc(C3CCCCC3)cc2)cs1. The Morgan fingerprint density at radius 2 is 1.81 bits per heavy atom. The van der Waals surface area contributed by atoms with Crippen molar-refractivity contribution in [1.29, 1.82) is 0 Å². The van der Waals surface area contributed by atoms with E-state index in [4.69, 9.17) is 9.72 Å². The zero-order chi connectivity index (χ0) is 22.3. The first-order valence-corrected chi connectivity index (χ1v) is 12.7. The average molecular weight is 449 g/mol. The highest BCUT2D eigenvalue weighted by atomic mass is 32.1. The fourth-order valence-electron chi connectivity index (χ4n) is 4.46. The maximum atomic E-state index is 13.4. The van der Waals surface area contributed by atoms with Gasteiger partial charge in [0.15, 0.2) is 5.13 Å². The molecule has 1 saturated carbocycles. The molecule has 5 heteroatoms. The van der Waals surface area contributed by atoms with Crippen LogP contribution in [0, 0.1) is 0 Å². The van der Waals surface area contributed by atoms with Crippen LogP contribution < -0.4 is 9.64 Å². The Bertz CT molecular complexity index is 1020. The maximum absolute atomic E-state index is 13.4. The van der Waals surface area contributed by atoms with Crippen LogP contribution in [0.3, 0.4) is 0 Å². The molecule has 1 aliphatic rings. The summed E-state index contributed by atoms with van der Waals surface area (Å²) in [6, 6.07) is 16.3. The van der Waals surface area contributed by atoms with Crippen molar-refractivity contribution < 1.29 is 9.53 Å². The number of nitrogens with zero attached hydrogens (tertiary/aromatic N) is 2. The number of amides is 1. The standard InChI is InChI=1S/C27H32N2O2S/c1-3-18-29(26(30)23-12-8-9-13-25(23)31-4-2)27-28-24(19-32-27)22-16-14-21(15-17-22)20-10-6-5-7-11-20/h8-9,12-17,19-20H,3-7,10-11,18H2,1-2H3. The summed E-state index contributed by atoms with van der Waals surface area (Å²) in [6.07, 6.45) is 7.52. The lowest BCUT2D eigenvalue weighted by atomic mass is 9.84. The van der Waals surface area contributed by atoms with Crippen LogP contribution in [0.15, 0.2) is 53.9 Å². The van der Waals surface area contributed by atoms with Gasteiger partial charge in [-0.05, 0) is 49.8 Å². The minimum absolute atomic E-state index is 0.0653. The van der Waals surface area contributed by atoms with E-state index in [1.807, 2.05) is 31.2 Å². The van der Waals surface area contributed by atoms with Crippen molar-refractivity contribution in [3.63, 3.8) is 0 Å². The smallest absolute Gasteiger partial charge is 0.263 e. The molecular weight excluding hydrogens is 416 g/mol. The molecule has 1 aliphatic carbocycles. The fraction of sp³-hybridized carbons (Fsp3) is 0.407. The van der Waals surface area contributed by atoms with Crippen LogP contribution in [-0.2, 0) is 0 Å². The number of anilines is 1. The first kappa shape index (κ1) is 22.5.